The van der Waals surface area contributed by atoms with E-state index in [1.54, 1.807) is 0 Å². The average Bonchev–Trinajstić information content (AvgIpc) is 3.04. The molecule has 132 valence electrons. The fourth-order valence-electron chi connectivity index (χ4n) is 3.90. The first-order valence-electron chi connectivity index (χ1n) is 8.84. The second kappa shape index (κ2) is 5.94. The summed E-state index contributed by atoms with van der Waals surface area (Å²) < 4.78 is 5.53. The summed E-state index contributed by atoms with van der Waals surface area (Å²) in [6.07, 6.45) is 2.02. The van der Waals surface area contributed by atoms with Crippen LogP contribution in [0.3, 0.4) is 0 Å². The Balaban J connectivity index is 1.66. The van der Waals surface area contributed by atoms with E-state index < -0.39 is 5.60 Å². The molecule has 1 amide bonds. The summed E-state index contributed by atoms with van der Waals surface area (Å²) in [5.74, 6) is 0. The standard InChI is InChI=1S/C19H29N3O2/c1-14-10-16(11-15(2)20-14)21-8-6-19(12-21)7-9-22(13-19)17(23)24-18(3,4)5/h10-11H,6-9,12-13H2,1-5H3. The van der Waals surface area contributed by atoms with Crippen molar-refractivity contribution < 1.29 is 9.53 Å². The molecule has 1 spiro atoms. The second-order valence-corrected chi connectivity index (χ2v) is 8.43. The molecule has 3 heterocycles. The summed E-state index contributed by atoms with van der Waals surface area (Å²) in [4.78, 5) is 21.1. The Morgan fingerprint density at radius 1 is 1.12 bits per heavy atom. The first kappa shape index (κ1) is 17.1. The normalized spacial score (nSPS) is 24.0. The van der Waals surface area contributed by atoms with Crippen molar-refractivity contribution in [2.75, 3.05) is 31.1 Å². The molecule has 24 heavy (non-hydrogen) atoms. The topological polar surface area (TPSA) is 45.7 Å². The van der Waals surface area contributed by atoms with Crippen LogP contribution in [-0.4, -0.2) is 47.8 Å². The fraction of sp³-hybridized carbons (Fsp3) is 0.684. The number of rotatable bonds is 1. The minimum Gasteiger partial charge on any atom is -0.444 e. The maximum Gasteiger partial charge on any atom is 0.410 e. The molecule has 1 aromatic rings. The molecule has 0 aromatic carbocycles. The van der Waals surface area contributed by atoms with Crippen LogP contribution >= 0.6 is 0 Å². The molecular formula is C19H29N3O2. The van der Waals surface area contributed by atoms with Crippen molar-refractivity contribution in [3.8, 4) is 0 Å². The Morgan fingerprint density at radius 2 is 1.75 bits per heavy atom. The van der Waals surface area contributed by atoms with Crippen molar-refractivity contribution >= 4 is 11.8 Å². The van der Waals surface area contributed by atoms with Crippen LogP contribution < -0.4 is 4.90 Å². The van der Waals surface area contributed by atoms with E-state index in [1.165, 1.54) is 5.69 Å². The zero-order valence-electron chi connectivity index (χ0n) is 15.6. The van der Waals surface area contributed by atoms with Crippen molar-refractivity contribution in [2.45, 2.75) is 53.1 Å². The first-order valence-corrected chi connectivity index (χ1v) is 8.84. The Bertz CT molecular complexity index is 618. The number of amides is 1. The van der Waals surface area contributed by atoms with E-state index >= 15 is 0 Å². The zero-order chi connectivity index (χ0) is 17.5. The molecule has 1 atom stereocenters. The summed E-state index contributed by atoms with van der Waals surface area (Å²) in [6.45, 7) is 13.5. The lowest BCUT2D eigenvalue weighted by atomic mass is 9.86. The molecule has 5 nitrogen and oxygen atoms in total. The largest absolute Gasteiger partial charge is 0.444 e. The number of anilines is 1. The molecule has 1 aromatic heterocycles. The molecular weight excluding hydrogens is 302 g/mol. The highest BCUT2D eigenvalue weighted by Crippen LogP contribution is 2.41. The van der Waals surface area contributed by atoms with E-state index in [4.69, 9.17) is 4.74 Å². The van der Waals surface area contributed by atoms with Gasteiger partial charge in [-0.15, -0.1) is 0 Å². The SMILES string of the molecule is Cc1cc(N2CCC3(CCN(C(=O)OC(C)(C)C)C3)C2)cc(C)n1. The molecule has 0 aliphatic carbocycles. The Labute approximate surface area is 145 Å². The van der Waals surface area contributed by atoms with Gasteiger partial charge in [0.2, 0.25) is 0 Å². The molecule has 2 aliphatic heterocycles. The van der Waals surface area contributed by atoms with Gasteiger partial charge in [0, 0.05) is 48.7 Å². The Hall–Kier alpha value is -1.78. The third-order valence-electron chi connectivity index (χ3n) is 4.96. The molecule has 0 N–H and O–H groups in total. The van der Waals surface area contributed by atoms with Gasteiger partial charge in [0.05, 0.1) is 0 Å². The van der Waals surface area contributed by atoms with Gasteiger partial charge in [-0.3, -0.25) is 4.98 Å². The van der Waals surface area contributed by atoms with Crippen LogP contribution in [0.5, 0.6) is 0 Å². The number of pyridine rings is 1. The summed E-state index contributed by atoms with van der Waals surface area (Å²) in [6, 6.07) is 4.32. The number of nitrogens with zero attached hydrogens (tertiary/aromatic N) is 3. The zero-order valence-corrected chi connectivity index (χ0v) is 15.6. The van der Waals surface area contributed by atoms with E-state index in [0.29, 0.717) is 0 Å². The lowest BCUT2D eigenvalue weighted by Gasteiger charge is -2.27. The number of carbonyl (C=O) groups excluding carboxylic acids is 1. The van der Waals surface area contributed by atoms with Crippen LogP contribution in [0.4, 0.5) is 10.5 Å². The maximum absolute atomic E-state index is 12.3. The third-order valence-corrected chi connectivity index (χ3v) is 4.96. The quantitative estimate of drug-likeness (QED) is 0.790. The molecule has 2 aliphatic rings. The summed E-state index contributed by atoms with van der Waals surface area (Å²) in [5, 5.41) is 0. The lowest BCUT2D eigenvalue weighted by Crippen LogP contribution is -2.37. The van der Waals surface area contributed by atoms with Crippen LogP contribution in [0.15, 0.2) is 12.1 Å². The van der Waals surface area contributed by atoms with Crippen LogP contribution in [0.1, 0.15) is 45.0 Å². The predicted octanol–water partition coefficient (Wildman–Crippen LogP) is 3.54. The molecule has 5 heteroatoms. The monoisotopic (exact) mass is 331 g/mol. The number of carbonyl (C=O) groups is 1. The fourth-order valence-corrected chi connectivity index (χ4v) is 3.90. The molecule has 1 unspecified atom stereocenters. The number of aryl methyl sites for hydroxylation is 2. The summed E-state index contributed by atoms with van der Waals surface area (Å²) in [7, 11) is 0. The highest BCUT2D eigenvalue weighted by atomic mass is 16.6. The average molecular weight is 331 g/mol. The molecule has 0 bridgehead atoms. The molecule has 2 fully saturated rings. The van der Waals surface area contributed by atoms with Crippen molar-refractivity contribution in [2.24, 2.45) is 5.41 Å². The first-order chi connectivity index (χ1) is 11.2. The van der Waals surface area contributed by atoms with Crippen molar-refractivity contribution in [1.29, 1.82) is 0 Å². The van der Waals surface area contributed by atoms with Crippen LogP contribution in [0.25, 0.3) is 0 Å². The summed E-state index contributed by atoms with van der Waals surface area (Å²) in [5.41, 5.74) is 3.16. The molecule has 0 saturated carbocycles. The van der Waals surface area contributed by atoms with Gasteiger partial charge < -0.3 is 14.5 Å². The summed E-state index contributed by atoms with van der Waals surface area (Å²) >= 11 is 0. The van der Waals surface area contributed by atoms with E-state index in [9.17, 15) is 4.79 Å². The van der Waals surface area contributed by atoms with Gasteiger partial charge in [-0.2, -0.15) is 0 Å². The van der Waals surface area contributed by atoms with Gasteiger partial charge in [0.15, 0.2) is 0 Å². The van der Waals surface area contributed by atoms with Crippen molar-refractivity contribution in [3.05, 3.63) is 23.5 Å². The smallest absolute Gasteiger partial charge is 0.410 e. The molecule has 2 saturated heterocycles. The van der Waals surface area contributed by atoms with Crippen LogP contribution in [0, 0.1) is 19.3 Å². The van der Waals surface area contributed by atoms with Gasteiger partial charge in [0.25, 0.3) is 0 Å². The Kier molecular flexibility index (Phi) is 4.22. The van der Waals surface area contributed by atoms with E-state index in [1.807, 2.05) is 39.5 Å². The van der Waals surface area contributed by atoms with Gasteiger partial charge >= 0.3 is 6.09 Å². The van der Waals surface area contributed by atoms with Gasteiger partial charge in [-0.1, -0.05) is 0 Å². The highest BCUT2D eigenvalue weighted by molar-refractivity contribution is 5.68. The third kappa shape index (κ3) is 3.65. The maximum atomic E-state index is 12.3. The Morgan fingerprint density at radius 3 is 2.38 bits per heavy atom. The van der Waals surface area contributed by atoms with Gasteiger partial charge in [-0.05, 0) is 59.6 Å². The lowest BCUT2D eigenvalue weighted by molar-refractivity contribution is 0.0276. The minimum absolute atomic E-state index is 0.173. The second-order valence-electron chi connectivity index (χ2n) is 8.43. The number of ether oxygens (including phenoxy) is 1. The van der Waals surface area contributed by atoms with E-state index in [0.717, 1.165) is 50.4 Å². The van der Waals surface area contributed by atoms with Crippen molar-refractivity contribution in [3.63, 3.8) is 0 Å². The molecule has 3 rings (SSSR count). The minimum atomic E-state index is -0.430. The van der Waals surface area contributed by atoms with Gasteiger partial charge in [-0.25, -0.2) is 4.79 Å². The molecule has 0 radical (unpaired) electrons. The number of hydrogen-bond acceptors (Lipinski definition) is 4. The van der Waals surface area contributed by atoms with Crippen LogP contribution in [-0.2, 0) is 4.74 Å². The van der Waals surface area contributed by atoms with E-state index in [-0.39, 0.29) is 11.5 Å². The highest BCUT2D eigenvalue weighted by Gasteiger charge is 2.45. The van der Waals surface area contributed by atoms with Crippen molar-refractivity contribution in [1.82, 2.24) is 9.88 Å². The van der Waals surface area contributed by atoms with Crippen LogP contribution in [0.2, 0.25) is 0 Å². The predicted molar refractivity (Wildman–Crippen MR) is 95.4 cm³/mol. The number of likely N-dealkylation sites (tertiary alicyclic amines) is 1. The van der Waals surface area contributed by atoms with Gasteiger partial charge in [0.1, 0.15) is 5.60 Å². The number of aromatic nitrogens is 1. The van der Waals surface area contributed by atoms with E-state index in [2.05, 4.69) is 22.0 Å². The number of hydrogen-bond donors (Lipinski definition) is 0.